The van der Waals surface area contributed by atoms with Crippen LogP contribution in [0.2, 0.25) is 0 Å². The molecule has 5 nitrogen and oxygen atoms in total. The van der Waals surface area contributed by atoms with Crippen LogP contribution in [0.15, 0.2) is 4.79 Å². The fourth-order valence-corrected chi connectivity index (χ4v) is 2.20. The highest BCUT2D eigenvalue weighted by Crippen LogP contribution is 2.23. The van der Waals surface area contributed by atoms with Gasteiger partial charge in [-0.15, -0.1) is 0 Å². The quantitative estimate of drug-likeness (QED) is 0.804. The molecule has 1 aromatic heterocycles. The molecule has 2 rings (SSSR count). The Hall–Kier alpha value is -1.20. The molecule has 0 unspecified atom stereocenters. The molecule has 0 saturated carbocycles. The summed E-state index contributed by atoms with van der Waals surface area (Å²) in [5.41, 5.74) is 1.20. The van der Waals surface area contributed by atoms with Crippen LogP contribution in [0.1, 0.15) is 35.8 Å². The topological polar surface area (TPSA) is 75.2 Å². The molecule has 1 aliphatic rings. The molecule has 1 aliphatic heterocycles. The molecule has 0 amide bonds. The first-order chi connectivity index (χ1) is 8.22. The van der Waals surface area contributed by atoms with E-state index in [0.717, 1.165) is 37.6 Å². The molecular weight excluding hydrogens is 220 g/mol. The minimum absolute atomic E-state index is 0.0256. The third-order valence-electron chi connectivity index (χ3n) is 3.21. The lowest BCUT2D eigenvalue weighted by Gasteiger charge is -2.21. The first-order valence-corrected chi connectivity index (χ1v) is 6.00. The van der Waals surface area contributed by atoms with Crippen molar-refractivity contribution in [3.8, 4) is 0 Å². The summed E-state index contributed by atoms with van der Waals surface area (Å²) in [6.45, 7) is 3.25. The number of rotatable bonds is 3. The van der Waals surface area contributed by atoms with Crippen molar-refractivity contribution >= 4 is 0 Å². The van der Waals surface area contributed by atoms with Crippen molar-refractivity contribution in [1.29, 1.82) is 0 Å². The number of H-pyrrole nitrogens is 1. The lowest BCUT2D eigenvalue weighted by atomic mass is 9.99. The van der Waals surface area contributed by atoms with Gasteiger partial charge in [-0.25, -0.2) is 4.98 Å². The molecule has 0 spiro atoms. The summed E-state index contributed by atoms with van der Waals surface area (Å²) in [6, 6.07) is 0. The van der Waals surface area contributed by atoms with Crippen molar-refractivity contribution in [1.82, 2.24) is 9.97 Å². The van der Waals surface area contributed by atoms with Crippen molar-refractivity contribution in [3.05, 3.63) is 27.4 Å². The third kappa shape index (κ3) is 2.73. The summed E-state index contributed by atoms with van der Waals surface area (Å²) >= 11 is 0. The number of aryl methyl sites for hydroxylation is 1. The number of aliphatic hydroxyl groups excluding tert-OH is 1. The smallest absolute Gasteiger partial charge is 0.254 e. The van der Waals surface area contributed by atoms with Gasteiger partial charge in [0.2, 0.25) is 0 Å². The van der Waals surface area contributed by atoms with E-state index in [2.05, 4.69) is 9.97 Å². The summed E-state index contributed by atoms with van der Waals surface area (Å²) < 4.78 is 5.29. The van der Waals surface area contributed by atoms with Gasteiger partial charge in [-0.05, 0) is 19.8 Å². The number of nitrogens with zero attached hydrogens (tertiary/aromatic N) is 1. The monoisotopic (exact) mass is 238 g/mol. The third-order valence-corrected chi connectivity index (χ3v) is 3.21. The molecule has 94 valence electrons. The standard InChI is InChI=1S/C12H18N2O3/c1-8-10(2-5-15)12(16)14-11(13-8)9-3-6-17-7-4-9/h9,15H,2-7H2,1H3,(H,13,14,16). The van der Waals surface area contributed by atoms with E-state index in [1.54, 1.807) is 0 Å². The van der Waals surface area contributed by atoms with Crippen LogP contribution in [0.3, 0.4) is 0 Å². The van der Waals surface area contributed by atoms with Crippen LogP contribution in [0.4, 0.5) is 0 Å². The number of aromatic amines is 1. The predicted octanol–water partition coefficient (Wildman–Crippen LogP) is 0.507. The fraction of sp³-hybridized carbons (Fsp3) is 0.667. The Bertz CT molecular complexity index is 436. The Morgan fingerprint density at radius 2 is 2.18 bits per heavy atom. The Kier molecular flexibility index (Phi) is 3.91. The summed E-state index contributed by atoms with van der Waals surface area (Å²) in [7, 11) is 0. The number of hydrogen-bond donors (Lipinski definition) is 2. The van der Waals surface area contributed by atoms with Gasteiger partial charge in [0.05, 0.1) is 0 Å². The molecule has 0 radical (unpaired) electrons. The van der Waals surface area contributed by atoms with Gasteiger partial charge in [-0.2, -0.15) is 0 Å². The molecule has 0 atom stereocenters. The lowest BCUT2D eigenvalue weighted by Crippen LogP contribution is -2.24. The first kappa shape index (κ1) is 12.3. The van der Waals surface area contributed by atoms with Gasteiger partial charge in [0.15, 0.2) is 0 Å². The highest BCUT2D eigenvalue weighted by Gasteiger charge is 2.19. The van der Waals surface area contributed by atoms with Gasteiger partial charge < -0.3 is 14.8 Å². The Morgan fingerprint density at radius 3 is 2.76 bits per heavy atom. The average Bonchev–Trinajstić information content (AvgIpc) is 2.35. The second-order valence-electron chi connectivity index (χ2n) is 4.38. The van der Waals surface area contributed by atoms with Crippen molar-refractivity contribution < 1.29 is 9.84 Å². The second-order valence-corrected chi connectivity index (χ2v) is 4.38. The number of nitrogens with one attached hydrogen (secondary N) is 1. The van der Waals surface area contributed by atoms with Crippen LogP contribution in [0, 0.1) is 6.92 Å². The van der Waals surface area contributed by atoms with Crippen LogP contribution in [0.25, 0.3) is 0 Å². The maximum Gasteiger partial charge on any atom is 0.254 e. The van der Waals surface area contributed by atoms with Crippen molar-refractivity contribution in [2.45, 2.75) is 32.1 Å². The number of aromatic nitrogens is 2. The van der Waals surface area contributed by atoms with Gasteiger partial charge in [0, 0.05) is 43.4 Å². The average molecular weight is 238 g/mol. The van der Waals surface area contributed by atoms with Crippen LogP contribution < -0.4 is 5.56 Å². The predicted molar refractivity (Wildman–Crippen MR) is 63.2 cm³/mol. The fourth-order valence-electron chi connectivity index (χ4n) is 2.20. The van der Waals surface area contributed by atoms with E-state index in [1.807, 2.05) is 6.92 Å². The summed E-state index contributed by atoms with van der Waals surface area (Å²) in [4.78, 5) is 19.1. The molecule has 1 aromatic rings. The SMILES string of the molecule is Cc1nc(C2CCOCC2)[nH]c(=O)c1CCO. The van der Waals surface area contributed by atoms with Crippen LogP contribution in [-0.4, -0.2) is 34.9 Å². The van der Waals surface area contributed by atoms with Crippen molar-refractivity contribution in [3.63, 3.8) is 0 Å². The number of ether oxygens (including phenoxy) is 1. The second kappa shape index (κ2) is 5.42. The summed E-state index contributed by atoms with van der Waals surface area (Å²) in [5, 5.41) is 8.89. The Balaban J connectivity index is 2.27. The maximum atomic E-state index is 11.9. The van der Waals surface area contributed by atoms with Gasteiger partial charge >= 0.3 is 0 Å². The van der Waals surface area contributed by atoms with Gasteiger partial charge in [-0.3, -0.25) is 4.79 Å². The summed E-state index contributed by atoms with van der Waals surface area (Å²) in [6.07, 6.45) is 2.17. The van der Waals surface area contributed by atoms with Crippen LogP contribution in [0.5, 0.6) is 0 Å². The van der Waals surface area contributed by atoms with E-state index in [0.29, 0.717) is 17.9 Å². The molecule has 17 heavy (non-hydrogen) atoms. The van der Waals surface area contributed by atoms with Crippen molar-refractivity contribution in [2.75, 3.05) is 19.8 Å². The van der Waals surface area contributed by atoms with E-state index in [-0.39, 0.29) is 12.2 Å². The zero-order valence-corrected chi connectivity index (χ0v) is 10.0. The van der Waals surface area contributed by atoms with E-state index in [9.17, 15) is 4.79 Å². The molecule has 1 fully saturated rings. The number of aliphatic hydroxyl groups is 1. The maximum absolute atomic E-state index is 11.9. The molecule has 2 heterocycles. The zero-order valence-electron chi connectivity index (χ0n) is 10.0. The molecule has 2 N–H and O–H groups in total. The lowest BCUT2D eigenvalue weighted by molar-refractivity contribution is 0.0835. The van der Waals surface area contributed by atoms with Gasteiger partial charge in [0.25, 0.3) is 5.56 Å². The van der Waals surface area contributed by atoms with E-state index in [4.69, 9.17) is 9.84 Å². The Labute approximate surface area is 99.9 Å². The molecule has 0 aromatic carbocycles. The van der Waals surface area contributed by atoms with E-state index in [1.165, 1.54) is 0 Å². The van der Waals surface area contributed by atoms with Crippen molar-refractivity contribution in [2.24, 2.45) is 0 Å². The molecule has 0 aliphatic carbocycles. The first-order valence-electron chi connectivity index (χ1n) is 6.00. The molecule has 0 bridgehead atoms. The van der Waals surface area contributed by atoms with E-state index >= 15 is 0 Å². The molecular formula is C12H18N2O3. The molecule has 5 heteroatoms. The highest BCUT2D eigenvalue weighted by atomic mass is 16.5. The Morgan fingerprint density at radius 1 is 1.47 bits per heavy atom. The van der Waals surface area contributed by atoms with Gasteiger partial charge in [-0.1, -0.05) is 0 Å². The largest absolute Gasteiger partial charge is 0.396 e. The number of hydrogen-bond acceptors (Lipinski definition) is 4. The van der Waals surface area contributed by atoms with Crippen LogP contribution >= 0.6 is 0 Å². The van der Waals surface area contributed by atoms with Crippen LogP contribution in [-0.2, 0) is 11.2 Å². The molecule has 1 saturated heterocycles. The zero-order chi connectivity index (χ0) is 12.3. The minimum Gasteiger partial charge on any atom is -0.396 e. The van der Waals surface area contributed by atoms with Gasteiger partial charge in [0.1, 0.15) is 5.82 Å². The normalized spacial score (nSPS) is 17.3. The minimum atomic E-state index is -0.118. The summed E-state index contributed by atoms with van der Waals surface area (Å²) in [5.74, 6) is 1.05. The van der Waals surface area contributed by atoms with E-state index < -0.39 is 0 Å². The highest BCUT2D eigenvalue weighted by molar-refractivity contribution is 5.18.